The van der Waals surface area contributed by atoms with Crippen molar-refractivity contribution in [1.82, 2.24) is 5.43 Å². The standard InChI is InChI=1S/C8H8BrN3O/c9-7-3-1-6(2-4-7)5-11-12-8(10)13/h1-5H,(H3,10,12,13). The molecule has 4 nitrogen and oxygen atoms in total. The van der Waals surface area contributed by atoms with Gasteiger partial charge in [-0.1, -0.05) is 28.1 Å². The summed E-state index contributed by atoms with van der Waals surface area (Å²) in [5.41, 5.74) is 7.80. The molecule has 0 saturated heterocycles. The number of halogens is 1. The second-order valence-electron chi connectivity index (χ2n) is 2.29. The SMILES string of the molecule is NC(=O)NN=Cc1ccc(Br)cc1. The van der Waals surface area contributed by atoms with Gasteiger partial charge >= 0.3 is 6.03 Å². The third-order valence-corrected chi connectivity index (χ3v) is 1.79. The fourth-order valence-corrected chi connectivity index (χ4v) is 0.984. The van der Waals surface area contributed by atoms with Crippen molar-refractivity contribution >= 4 is 28.2 Å². The van der Waals surface area contributed by atoms with Crippen molar-refractivity contribution in [2.45, 2.75) is 0 Å². The van der Waals surface area contributed by atoms with E-state index in [1.165, 1.54) is 6.21 Å². The number of rotatable bonds is 2. The normalized spacial score (nSPS) is 10.2. The summed E-state index contributed by atoms with van der Waals surface area (Å²) in [4.78, 5) is 10.2. The number of carbonyl (C=O) groups excluding carboxylic acids is 1. The number of hydrazone groups is 1. The molecule has 13 heavy (non-hydrogen) atoms. The van der Waals surface area contributed by atoms with Gasteiger partial charge in [0.25, 0.3) is 0 Å². The fourth-order valence-electron chi connectivity index (χ4n) is 0.719. The van der Waals surface area contributed by atoms with Crippen LogP contribution in [0, 0.1) is 0 Å². The van der Waals surface area contributed by atoms with Crippen molar-refractivity contribution in [3.05, 3.63) is 34.3 Å². The Morgan fingerprint density at radius 3 is 2.62 bits per heavy atom. The van der Waals surface area contributed by atoms with Crippen molar-refractivity contribution in [2.24, 2.45) is 10.8 Å². The van der Waals surface area contributed by atoms with Gasteiger partial charge in [0.05, 0.1) is 6.21 Å². The summed E-state index contributed by atoms with van der Waals surface area (Å²) in [5, 5.41) is 3.61. The van der Waals surface area contributed by atoms with E-state index in [0.29, 0.717) is 0 Å². The smallest absolute Gasteiger partial charge is 0.332 e. The van der Waals surface area contributed by atoms with Crippen molar-refractivity contribution < 1.29 is 4.79 Å². The van der Waals surface area contributed by atoms with E-state index in [9.17, 15) is 4.79 Å². The van der Waals surface area contributed by atoms with Crippen LogP contribution >= 0.6 is 15.9 Å². The van der Waals surface area contributed by atoms with Gasteiger partial charge in [0.15, 0.2) is 0 Å². The highest BCUT2D eigenvalue weighted by Crippen LogP contribution is 2.08. The quantitative estimate of drug-likeness (QED) is 0.598. The molecule has 0 fully saturated rings. The molecule has 2 amide bonds. The fraction of sp³-hybridized carbons (Fsp3) is 0. The van der Waals surface area contributed by atoms with Crippen molar-refractivity contribution in [3.8, 4) is 0 Å². The maximum absolute atomic E-state index is 10.2. The Morgan fingerprint density at radius 1 is 1.46 bits per heavy atom. The van der Waals surface area contributed by atoms with Gasteiger partial charge < -0.3 is 5.73 Å². The summed E-state index contributed by atoms with van der Waals surface area (Å²) in [6.45, 7) is 0. The lowest BCUT2D eigenvalue weighted by molar-refractivity contribution is 0.249. The molecule has 0 spiro atoms. The van der Waals surface area contributed by atoms with E-state index in [2.05, 4.69) is 26.5 Å². The number of primary amides is 1. The second kappa shape index (κ2) is 4.61. The number of carbonyl (C=O) groups is 1. The summed E-state index contributed by atoms with van der Waals surface area (Å²) >= 11 is 3.30. The number of hydrogen-bond acceptors (Lipinski definition) is 2. The van der Waals surface area contributed by atoms with Gasteiger partial charge in [0, 0.05) is 4.47 Å². The maximum atomic E-state index is 10.2. The summed E-state index contributed by atoms with van der Waals surface area (Å²) < 4.78 is 0.993. The predicted molar refractivity (Wildman–Crippen MR) is 54.5 cm³/mol. The zero-order valence-electron chi connectivity index (χ0n) is 6.70. The highest BCUT2D eigenvalue weighted by atomic mass is 79.9. The van der Waals surface area contributed by atoms with Crippen molar-refractivity contribution in [3.63, 3.8) is 0 Å². The Morgan fingerprint density at radius 2 is 2.08 bits per heavy atom. The molecule has 5 heteroatoms. The first-order valence-electron chi connectivity index (χ1n) is 3.52. The molecule has 0 unspecified atom stereocenters. The molecule has 0 bridgehead atoms. The van der Waals surface area contributed by atoms with E-state index >= 15 is 0 Å². The average molecular weight is 242 g/mol. The summed E-state index contributed by atoms with van der Waals surface area (Å²) in [6.07, 6.45) is 1.51. The molecule has 3 N–H and O–H groups in total. The molecule has 1 aromatic rings. The first-order chi connectivity index (χ1) is 6.18. The Labute approximate surface area is 83.9 Å². The van der Waals surface area contributed by atoms with Crippen LogP contribution in [-0.2, 0) is 0 Å². The molecular formula is C8H8BrN3O. The third-order valence-electron chi connectivity index (χ3n) is 1.26. The zero-order chi connectivity index (χ0) is 9.68. The minimum Gasteiger partial charge on any atom is -0.350 e. The van der Waals surface area contributed by atoms with Gasteiger partial charge in [-0.3, -0.25) is 0 Å². The van der Waals surface area contributed by atoms with E-state index in [4.69, 9.17) is 5.73 Å². The number of nitrogens with two attached hydrogens (primary N) is 1. The number of nitrogens with one attached hydrogen (secondary N) is 1. The molecule has 0 aromatic heterocycles. The molecule has 0 heterocycles. The van der Waals surface area contributed by atoms with E-state index in [1.807, 2.05) is 24.3 Å². The minimum atomic E-state index is -0.673. The van der Waals surface area contributed by atoms with Crippen LogP contribution in [0.5, 0.6) is 0 Å². The molecule has 0 aliphatic heterocycles. The largest absolute Gasteiger partial charge is 0.350 e. The van der Waals surface area contributed by atoms with Gasteiger partial charge in [-0.2, -0.15) is 5.10 Å². The van der Waals surface area contributed by atoms with Crippen molar-refractivity contribution in [1.29, 1.82) is 0 Å². The Bertz CT molecular complexity index is 321. The number of benzene rings is 1. The highest BCUT2D eigenvalue weighted by Gasteiger charge is 1.88. The Kier molecular flexibility index (Phi) is 3.45. The summed E-state index contributed by atoms with van der Waals surface area (Å²) in [7, 11) is 0. The number of nitrogens with zero attached hydrogens (tertiary/aromatic N) is 1. The second-order valence-corrected chi connectivity index (χ2v) is 3.20. The lowest BCUT2D eigenvalue weighted by Crippen LogP contribution is -2.24. The third kappa shape index (κ3) is 3.71. The minimum absolute atomic E-state index is 0.673. The monoisotopic (exact) mass is 241 g/mol. The molecule has 0 saturated carbocycles. The maximum Gasteiger partial charge on any atom is 0.332 e. The van der Waals surface area contributed by atoms with Crippen LogP contribution in [0.25, 0.3) is 0 Å². The summed E-state index contributed by atoms with van der Waals surface area (Å²) in [6, 6.07) is 6.80. The van der Waals surface area contributed by atoms with E-state index < -0.39 is 6.03 Å². The van der Waals surface area contributed by atoms with Gasteiger partial charge in [-0.25, -0.2) is 10.2 Å². The van der Waals surface area contributed by atoms with Crippen LogP contribution in [0.2, 0.25) is 0 Å². The molecule has 0 radical (unpaired) electrons. The predicted octanol–water partition coefficient (Wildman–Crippen LogP) is 1.45. The van der Waals surface area contributed by atoms with Gasteiger partial charge in [-0.15, -0.1) is 0 Å². The van der Waals surface area contributed by atoms with Crippen molar-refractivity contribution in [2.75, 3.05) is 0 Å². The van der Waals surface area contributed by atoms with E-state index in [1.54, 1.807) is 0 Å². The lowest BCUT2D eigenvalue weighted by Gasteiger charge is -1.93. The number of urea groups is 1. The first-order valence-corrected chi connectivity index (χ1v) is 4.32. The molecule has 68 valence electrons. The molecule has 0 atom stereocenters. The average Bonchev–Trinajstić information content (AvgIpc) is 2.08. The van der Waals surface area contributed by atoms with Crippen LogP contribution in [0.3, 0.4) is 0 Å². The molecular weight excluding hydrogens is 234 g/mol. The van der Waals surface area contributed by atoms with Gasteiger partial charge in [0.2, 0.25) is 0 Å². The van der Waals surface area contributed by atoms with Gasteiger partial charge in [-0.05, 0) is 17.7 Å². The molecule has 1 rings (SSSR count). The Balaban J connectivity index is 2.59. The van der Waals surface area contributed by atoms with Crippen LogP contribution in [0.1, 0.15) is 5.56 Å². The Hall–Kier alpha value is -1.36. The lowest BCUT2D eigenvalue weighted by atomic mass is 10.2. The van der Waals surface area contributed by atoms with Crippen LogP contribution in [0.15, 0.2) is 33.8 Å². The number of amides is 2. The van der Waals surface area contributed by atoms with Crippen LogP contribution < -0.4 is 11.2 Å². The van der Waals surface area contributed by atoms with Crippen LogP contribution in [-0.4, -0.2) is 12.2 Å². The first kappa shape index (κ1) is 9.73. The number of hydrogen-bond donors (Lipinski definition) is 2. The van der Waals surface area contributed by atoms with Gasteiger partial charge in [0.1, 0.15) is 0 Å². The molecule has 0 aliphatic rings. The van der Waals surface area contributed by atoms with E-state index in [0.717, 1.165) is 10.0 Å². The van der Waals surface area contributed by atoms with Crippen LogP contribution in [0.4, 0.5) is 4.79 Å². The molecule has 0 aliphatic carbocycles. The topological polar surface area (TPSA) is 67.5 Å². The zero-order valence-corrected chi connectivity index (χ0v) is 8.28. The summed E-state index contributed by atoms with van der Waals surface area (Å²) in [5.74, 6) is 0. The van der Waals surface area contributed by atoms with E-state index in [-0.39, 0.29) is 0 Å². The molecule has 1 aromatic carbocycles. The highest BCUT2D eigenvalue weighted by molar-refractivity contribution is 9.10.